The Balaban J connectivity index is 2.28. The van der Waals surface area contributed by atoms with Crippen molar-refractivity contribution >= 4 is 11.8 Å². The van der Waals surface area contributed by atoms with Crippen molar-refractivity contribution in [3.05, 3.63) is 0 Å². The monoisotopic (exact) mass is 227 g/mol. The van der Waals surface area contributed by atoms with Gasteiger partial charge >= 0.3 is 0 Å². The van der Waals surface area contributed by atoms with E-state index in [-0.39, 0.29) is 23.8 Å². The molecule has 0 aliphatic heterocycles. The Morgan fingerprint density at radius 3 is 2.38 bits per heavy atom. The Labute approximate surface area is 96.4 Å². The zero-order chi connectivity index (χ0) is 12.2. The molecule has 0 atom stereocenters. The van der Waals surface area contributed by atoms with Gasteiger partial charge in [-0.2, -0.15) is 0 Å². The highest BCUT2D eigenvalue weighted by Gasteiger charge is 2.37. The first-order chi connectivity index (χ1) is 7.49. The van der Waals surface area contributed by atoms with E-state index in [0.29, 0.717) is 13.0 Å². The molecule has 1 aliphatic rings. The largest absolute Gasteiger partial charge is 0.347 e. The summed E-state index contributed by atoms with van der Waals surface area (Å²) in [5.74, 6) is -0.163. The van der Waals surface area contributed by atoms with Gasteiger partial charge in [0, 0.05) is 20.5 Å². The standard InChI is InChI=1S/C11H21N3O2/c1-14(2)10(16)7-13-9(15)6-11(8-12)4-3-5-11/h3-8,12H2,1-2H3,(H,13,15). The third kappa shape index (κ3) is 3.20. The van der Waals surface area contributed by atoms with Crippen LogP contribution in [0.4, 0.5) is 0 Å². The van der Waals surface area contributed by atoms with Gasteiger partial charge in [0.15, 0.2) is 0 Å². The van der Waals surface area contributed by atoms with Gasteiger partial charge in [0.25, 0.3) is 0 Å². The zero-order valence-corrected chi connectivity index (χ0v) is 10.1. The highest BCUT2D eigenvalue weighted by atomic mass is 16.2. The Bertz CT molecular complexity index is 267. The van der Waals surface area contributed by atoms with Crippen LogP contribution in [0.1, 0.15) is 25.7 Å². The van der Waals surface area contributed by atoms with E-state index in [1.165, 1.54) is 4.90 Å². The van der Waals surface area contributed by atoms with Crippen LogP contribution in [-0.4, -0.2) is 43.9 Å². The fraction of sp³-hybridized carbons (Fsp3) is 0.818. The summed E-state index contributed by atoms with van der Waals surface area (Å²) < 4.78 is 0. The van der Waals surface area contributed by atoms with Gasteiger partial charge in [0.05, 0.1) is 6.54 Å². The predicted molar refractivity (Wildman–Crippen MR) is 61.7 cm³/mol. The van der Waals surface area contributed by atoms with Crippen LogP contribution in [0.2, 0.25) is 0 Å². The van der Waals surface area contributed by atoms with Gasteiger partial charge in [-0.05, 0) is 24.8 Å². The maximum Gasteiger partial charge on any atom is 0.241 e. The molecule has 0 saturated heterocycles. The lowest BCUT2D eigenvalue weighted by atomic mass is 9.66. The van der Waals surface area contributed by atoms with E-state index in [9.17, 15) is 9.59 Å². The van der Waals surface area contributed by atoms with Crippen molar-refractivity contribution in [3.8, 4) is 0 Å². The third-order valence-electron chi connectivity index (χ3n) is 3.32. The maximum absolute atomic E-state index is 11.6. The number of carbonyl (C=O) groups excluding carboxylic acids is 2. The molecule has 0 spiro atoms. The van der Waals surface area contributed by atoms with Crippen molar-refractivity contribution in [2.24, 2.45) is 11.1 Å². The lowest BCUT2D eigenvalue weighted by Crippen LogP contribution is -2.43. The molecule has 1 saturated carbocycles. The van der Waals surface area contributed by atoms with Crippen molar-refractivity contribution in [2.45, 2.75) is 25.7 Å². The third-order valence-corrected chi connectivity index (χ3v) is 3.32. The van der Waals surface area contributed by atoms with Crippen molar-refractivity contribution in [2.75, 3.05) is 27.2 Å². The van der Waals surface area contributed by atoms with Crippen LogP contribution in [-0.2, 0) is 9.59 Å². The van der Waals surface area contributed by atoms with Gasteiger partial charge in [-0.3, -0.25) is 9.59 Å². The minimum absolute atomic E-state index is 0.00521. The summed E-state index contributed by atoms with van der Waals surface area (Å²) in [6, 6.07) is 0. The molecule has 5 heteroatoms. The van der Waals surface area contributed by atoms with Crippen molar-refractivity contribution in [1.29, 1.82) is 0 Å². The van der Waals surface area contributed by atoms with Crippen LogP contribution in [0.5, 0.6) is 0 Å². The number of nitrogens with two attached hydrogens (primary N) is 1. The van der Waals surface area contributed by atoms with Gasteiger partial charge < -0.3 is 16.0 Å². The van der Waals surface area contributed by atoms with Crippen molar-refractivity contribution in [1.82, 2.24) is 10.2 Å². The first kappa shape index (κ1) is 13.0. The molecule has 92 valence electrons. The Hall–Kier alpha value is -1.10. The first-order valence-electron chi connectivity index (χ1n) is 5.66. The first-order valence-corrected chi connectivity index (χ1v) is 5.66. The molecule has 0 heterocycles. The van der Waals surface area contributed by atoms with Crippen LogP contribution in [0.3, 0.4) is 0 Å². The number of hydrogen-bond donors (Lipinski definition) is 2. The van der Waals surface area contributed by atoms with Gasteiger partial charge in [-0.15, -0.1) is 0 Å². The van der Waals surface area contributed by atoms with E-state index in [0.717, 1.165) is 19.3 Å². The van der Waals surface area contributed by atoms with Gasteiger partial charge in [0.1, 0.15) is 0 Å². The molecule has 0 bridgehead atoms. The fourth-order valence-electron chi connectivity index (χ4n) is 1.87. The van der Waals surface area contributed by atoms with E-state index in [4.69, 9.17) is 5.73 Å². The maximum atomic E-state index is 11.6. The summed E-state index contributed by atoms with van der Waals surface area (Å²) in [7, 11) is 3.34. The Morgan fingerprint density at radius 2 is 2.00 bits per heavy atom. The summed E-state index contributed by atoms with van der Waals surface area (Å²) in [5, 5.41) is 2.64. The fourth-order valence-corrected chi connectivity index (χ4v) is 1.87. The molecule has 0 aromatic carbocycles. The number of nitrogens with zero attached hydrogens (tertiary/aromatic N) is 1. The average Bonchev–Trinajstić information content (AvgIpc) is 2.19. The SMILES string of the molecule is CN(C)C(=O)CNC(=O)CC1(CN)CCC1. The summed E-state index contributed by atoms with van der Waals surface area (Å²) in [4.78, 5) is 24.3. The molecule has 2 amide bonds. The minimum Gasteiger partial charge on any atom is -0.347 e. The topological polar surface area (TPSA) is 75.4 Å². The van der Waals surface area contributed by atoms with E-state index < -0.39 is 0 Å². The number of likely N-dealkylation sites (N-methyl/N-ethyl adjacent to an activating group) is 1. The molecule has 16 heavy (non-hydrogen) atoms. The van der Waals surface area contributed by atoms with Gasteiger partial charge in [-0.1, -0.05) is 6.42 Å². The molecule has 0 unspecified atom stereocenters. The molecular weight excluding hydrogens is 206 g/mol. The second-order valence-electron chi connectivity index (χ2n) is 4.80. The molecule has 1 fully saturated rings. The number of carbonyl (C=O) groups is 2. The molecule has 0 aromatic rings. The predicted octanol–water partition coefficient (Wildman–Crippen LogP) is -0.290. The number of rotatable bonds is 5. The molecule has 5 nitrogen and oxygen atoms in total. The highest BCUT2D eigenvalue weighted by Crippen LogP contribution is 2.42. The van der Waals surface area contributed by atoms with Crippen LogP contribution in [0.15, 0.2) is 0 Å². The Kier molecular flexibility index (Phi) is 4.29. The van der Waals surface area contributed by atoms with E-state index in [1.807, 2.05) is 0 Å². The van der Waals surface area contributed by atoms with Crippen molar-refractivity contribution < 1.29 is 9.59 Å². The van der Waals surface area contributed by atoms with Crippen LogP contribution >= 0.6 is 0 Å². The van der Waals surface area contributed by atoms with E-state index in [2.05, 4.69) is 5.32 Å². The molecule has 1 aliphatic carbocycles. The molecule has 3 N–H and O–H groups in total. The summed E-state index contributed by atoms with van der Waals surface area (Å²) in [5.41, 5.74) is 5.67. The summed E-state index contributed by atoms with van der Waals surface area (Å²) in [6.07, 6.45) is 3.66. The lowest BCUT2D eigenvalue weighted by molar-refractivity contribution is -0.132. The van der Waals surface area contributed by atoms with Crippen molar-refractivity contribution in [3.63, 3.8) is 0 Å². The van der Waals surface area contributed by atoms with Crippen LogP contribution in [0, 0.1) is 5.41 Å². The summed E-state index contributed by atoms with van der Waals surface area (Å²) in [6.45, 7) is 0.633. The smallest absolute Gasteiger partial charge is 0.241 e. The summed E-state index contributed by atoms with van der Waals surface area (Å²) >= 11 is 0. The molecular formula is C11H21N3O2. The quantitative estimate of drug-likeness (QED) is 0.677. The van der Waals surface area contributed by atoms with Crippen LogP contribution in [0.25, 0.3) is 0 Å². The second kappa shape index (κ2) is 5.30. The van der Waals surface area contributed by atoms with Crippen LogP contribution < -0.4 is 11.1 Å². The number of hydrogen-bond acceptors (Lipinski definition) is 3. The van der Waals surface area contributed by atoms with E-state index >= 15 is 0 Å². The highest BCUT2D eigenvalue weighted by molar-refractivity contribution is 5.84. The molecule has 0 aromatic heterocycles. The molecule has 1 rings (SSSR count). The van der Waals surface area contributed by atoms with Gasteiger partial charge in [0.2, 0.25) is 11.8 Å². The zero-order valence-electron chi connectivity index (χ0n) is 10.1. The lowest BCUT2D eigenvalue weighted by Gasteiger charge is -2.40. The number of nitrogens with one attached hydrogen (secondary N) is 1. The minimum atomic E-state index is -0.0937. The van der Waals surface area contributed by atoms with Gasteiger partial charge in [-0.25, -0.2) is 0 Å². The average molecular weight is 227 g/mol. The van der Waals surface area contributed by atoms with E-state index in [1.54, 1.807) is 14.1 Å². The Morgan fingerprint density at radius 1 is 1.38 bits per heavy atom. The molecule has 0 radical (unpaired) electrons. The normalized spacial score (nSPS) is 17.4. The number of amides is 2. The second-order valence-corrected chi connectivity index (χ2v) is 4.80.